The van der Waals surface area contributed by atoms with Gasteiger partial charge in [0.25, 0.3) is 0 Å². The molecule has 1 aliphatic heterocycles. The first-order valence-corrected chi connectivity index (χ1v) is 4.01. The van der Waals surface area contributed by atoms with Crippen LogP contribution in [0, 0.1) is 6.42 Å². The maximum absolute atomic E-state index is 9.16. The van der Waals surface area contributed by atoms with Crippen LogP contribution in [0.15, 0.2) is 0 Å². The first kappa shape index (κ1) is 8.02. The van der Waals surface area contributed by atoms with E-state index < -0.39 is 0 Å². The lowest BCUT2D eigenvalue weighted by molar-refractivity contribution is 0.0865. The average molecular weight is 142 g/mol. The summed E-state index contributed by atoms with van der Waals surface area (Å²) >= 11 is 0. The number of aliphatic hydroxyl groups is 1. The van der Waals surface area contributed by atoms with Crippen molar-refractivity contribution in [1.82, 2.24) is 4.90 Å². The van der Waals surface area contributed by atoms with Crippen LogP contribution in [0.3, 0.4) is 0 Å². The van der Waals surface area contributed by atoms with E-state index >= 15 is 0 Å². The van der Waals surface area contributed by atoms with Gasteiger partial charge in [0.2, 0.25) is 0 Å². The zero-order valence-electron chi connectivity index (χ0n) is 6.58. The van der Waals surface area contributed by atoms with E-state index in [0.29, 0.717) is 0 Å². The zero-order valence-corrected chi connectivity index (χ0v) is 6.58. The molecule has 0 bridgehead atoms. The van der Waals surface area contributed by atoms with E-state index in [0.717, 1.165) is 32.5 Å². The Hall–Kier alpha value is -0.0800. The molecule has 2 heteroatoms. The van der Waals surface area contributed by atoms with Crippen LogP contribution < -0.4 is 0 Å². The predicted molar refractivity (Wildman–Crippen MR) is 41.7 cm³/mol. The minimum atomic E-state index is -0.0342. The molecule has 2 nitrogen and oxygen atoms in total. The normalized spacial score (nSPS) is 23.4. The van der Waals surface area contributed by atoms with Crippen LogP contribution in [0.4, 0.5) is 0 Å². The van der Waals surface area contributed by atoms with Crippen molar-refractivity contribution in [3.05, 3.63) is 6.42 Å². The summed E-state index contributed by atoms with van der Waals surface area (Å²) in [5, 5.41) is 9.16. The lowest BCUT2D eigenvalue weighted by atomic mass is 10.1. The van der Waals surface area contributed by atoms with Crippen molar-refractivity contribution in [2.45, 2.75) is 25.9 Å². The van der Waals surface area contributed by atoms with Gasteiger partial charge in [-0.1, -0.05) is 6.92 Å². The topological polar surface area (TPSA) is 23.5 Å². The molecule has 0 unspecified atom stereocenters. The Morgan fingerprint density at radius 3 is 2.60 bits per heavy atom. The molecule has 0 atom stereocenters. The summed E-state index contributed by atoms with van der Waals surface area (Å²) in [6.45, 7) is 5.27. The summed E-state index contributed by atoms with van der Waals surface area (Å²) in [7, 11) is 0. The smallest absolute Gasteiger partial charge is 0.0564 e. The molecule has 1 aliphatic rings. The number of hydrogen-bond donors (Lipinski definition) is 1. The van der Waals surface area contributed by atoms with Gasteiger partial charge in [-0.2, -0.15) is 0 Å². The van der Waals surface area contributed by atoms with Gasteiger partial charge in [-0.05, 0) is 19.3 Å². The van der Waals surface area contributed by atoms with E-state index in [1.54, 1.807) is 0 Å². The molecule has 0 aromatic heterocycles. The second kappa shape index (κ2) is 3.94. The van der Waals surface area contributed by atoms with Crippen LogP contribution in [-0.2, 0) is 0 Å². The quantitative estimate of drug-likeness (QED) is 0.612. The molecule has 0 aromatic rings. The average Bonchev–Trinajstić information content (AvgIpc) is 1.95. The van der Waals surface area contributed by atoms with E-state index in [9.17, 15) is 0 Å². The molecule has 0 aromatic carbocycles. The van der Waals surface area contributed by atoms with Gasteiger partial charge in [-0.15, -0.1) is 0 Å². The van der Waals surface area contributed by atoms with Crippen molar-refractivity contribution in [3.8, 4) is 0 Å². The molecule has 1 heterocycles. The number of hydrogen-bond acceptors (Lipinski definition) is 2. The molecular weight excluding hydrogens is 126 g/mol. The molecule has 1 fully saturated rings. The van der Waals surface area contributed by atoms with Crippen LogP contribution in [0.5, 0.6) is 0 Å². The van der Waals surface area contributed by atoms with E-state index in [4.69, 9.17) is 5.11 Å². The highest BCUT2D eigenvalue weighted by atomic mass is 16.3. The lowest BCUT2D eigenvalue weighted by Crippen LogP contribution is -2.36. The van der Waals surface area contributed by atoms with Crippen molar-refractivity contribution < 1.29 is 5.11 Å². The van der Waals surface area contributed by atoms with Gasteiger partial charge in [0.1, 0.15) is 0 Å². The van der Waals surface area contributed by atoms with Crippen LogP contribution >= 0.6 is 0 Å². The molecule has 0 amide bonds. The number of rotatable bonds is 2. The van der Waals surface area contributed by atoms with Crippen molar-refractivity contribution in [1.29, 1.82) is 0 Å². The van der Waals surface area contributed by atoms with Gasteiger partial charge >= 0.3 is 0 Å². The minimum absolute atomic E-state index is 0.0342. The number of aliphatic hydroxyl groups excluding tert-OH is 1. The lowest BCUT2D eigenvalue weighted by Gasteiger charge is -2.28. The Kier molecular flexibility index (Phi) is 3.16. The SMILES string of the molecule is C[CH]CN1CCC(O)CC1. The maximum Gasteiger partial charge on any atom is 0.0564 e. The van der Waals surface area contributed by atoms with Crippen LogP contribution in [0.1, 0.15) is 19.8 Å². The second-order valence-corrected chi connectivity index (χ2v) is 2.94. The largest absolute Gasteiger partial charge is 0.393 e. The summed E-state index contributed by atoms with van der Waals surface area (Å²) in [4.78, 5) is 2.37. The van der Waals surface area contributed by atoms with Gasteiger partial charge in [-0.25, -0.2) is 0 Å². The maximum atomic E-state index is 9.16. The number of nitrogens with zero attached hydrogens (tertiary/aromatic N) is 1. The highest BCUT2D eigenvalue weighted by Gasteiger charge is 2.15. The third-order valence-electron chi connectivity index (χ3n) is 2.00. The van der Waals surface area contributed by atoms with Crippen LogP contribution in [-0.4, -0.2) is 35.7 Å². The third-order valence-corrected chi connectivity index (χ3v) is 2.00. The second-order valence-electron chi connectivity index (χ2n) is 2.94. The molecule has 10 heavy (non-hydrogen) atoms. The fourth-order valence-corrected chi connectivity index (χ4v) is 1.36. The molecule has 1 radical (unpaired) electrons. The highest BCUT2D eigenvalue weighted by Crippen LogP contribution is 2.09. The van der Waals surface area contributed by atoms with Crippen molar-refractivity contribution in [3.63, 3.8) is 0 Å². The Balaban J connectivity index is 2.13. The Labute approximate surface area is 62.8 Å². The van der Waals surface area contributed by atoms with Crippen LogP contribution in [0.2, 0.25) is 0 Å². The Morgan fingerprint density at radius 2 is 2.10 bits per heavy atom. The van der Waals surface area contributed by atoms with Crippen molar-refractivity contribution >= 4 is 0 Å². The predicted octanol–water partition coefficient (Wildman–Crippen LogP) is 0.667. The molecule has 1 rings (SSSR count). The van der Waals surface area contributed by atoms with E-state index in [-0.39, 0.29) is 6.10 Å². The molecule has 1 saturated heterocycles. The Morgan fingerprint density at radius 1 is 1.50 bits per heavy atom. The summed E-state index contributed by atoms with van der Waals surface area (Å²) in [6, 6.07) is 0. The molecule has 0 spiro atoms. The van der Waals surface area contributed by atoms with Gasteiger partial charge in [0.15, 0.2) is 0 Å². The number of piperidine rings is 1. The monoisotopic (exact) mass is 142 g/mol. The van der Waals surface area contributed by atoms with Gasteiger partial charge in [0, 0.05) is 19.6 Å². The Bertz CT molecular complexity index is 87.3. The standard InChI is InChI=1S/C8H16NO/c1-2-5-9-6-3-8(10)4-7-9/h2,8,10H,3-7H2,1H3. The summed E-state index contributed by atoms with van der Waals surface area (Å²) in [5.74, 6) is 0. The summed E-state index contributed by atoms with van der Waals surface area (Å²) in [5.41, 5.74) is 0. The fraction of sp³-hybridized carbons (Fsp3) is 0.875. The summed E-state index contributed by atoms with van der Waals surface area (Å²) < 4.78 is 0. The fourth-order valence-electron chi connectivity index (χ4n) is 1.36. The first-order chi connectivity index (χ1) is 4.83. The van der Waals surface area contributed by atoms with Gasteiger partial charge in [-0.3, -0.25) is 0 Å². The number of likely N-dealkylation sites (tertiary alicyclic amines) is 1. The zero-order chi connectivity index (χ0) is 7.40. The molecule has 59 valence electrons. The summed E-state index contributed by atoms with van der Waals surface area (Å²) in [6.07, 6.45) is 4.03. The van der Waals surface area contributed by atoms with E-state index in [1.807, 2.05) is 0 Å². The first-order valence-electron chi connectivity index (χ1n) is 4.01. The van der Waals surface area contributed by atoms with Crippen molar-refractivity contribution in [2.75, 3.05) is 19.6 Å². The van der Waals surface area contributed by atoms with Gasteiger partial charge in [0.05, 0.1) is 6.10 Å². The molecule has 1 N–H and O–H groups in total. The highest BCUT2D eigenvalue weighted by molar-refractivity contribution is 4.74. The third kappa shape index (κ3) is 2.27. The van der Waals surface area contributed by atoms with Crippen LogP contribution in [0.25, 0.3) is 0 Å². The van der Waals surface area contributed by atoms with Gasteiger partial charge < -0.3 is 10.0 Å². The minimum Gasteiger partial charge on any atom is -0.393 e. The molecule has 0 saturated carbocycles. The molecule has 0 aliphatic carbocycles. The molecular formula is C8H16NO. The van der Waals surface area contributed by atoms with Crippen molar-refractivity contribution in [2.24, 2.45) is 0 Å². The van der Waals surface area contributed by atoms with E-state index in [1.165, 1.54) is 0 Å². The van der Waals surface area contributed by atoms with E-state index in [2.05, 4.69) is 18.2 Å².